The number of nitrogens with zero attached hydrogens (tertiary/aromatic N) is 3. The van der Waals surface area contributed by atoms with Crippen LogP contribution in [0.3, 0.4) is 0 Å². The van der Waals surface area contributed by atoms with Crippen LogP contribution in [0.4, 0.5) is 16.5 Å². The number of rotatable bonds is 6. The summed E-state index contributed by atoms with van der Waals surface area (Å²) >= 11 is 2.93. The van der Waals surface area contributed by atoms with Crippen molar-refractivity contribution in [3.63, 3.8) is 0 Å². The summed E-state index contributed by atoms with van der Waals surface area (Å²) in [6.07, 6.45) is 1.67. The van der Waals surface area contributed by atoms with E-state index in [0.717, 1.165) is 20.1 Å². The van der Waals surface area contributed by atoms with Gasteiger partial charge in [-0.2, -0.15) is 0 Å². The Morgan fingerprint density at radius 3 is 2.73 bits per heavy atom. The molecule has 3 aromatic heterocycles. The van der Waals surface area contributed by atoms with Crippen LogP contribution in [-0.4, -0.2) is 20.8 Å². The van der Waals surface area contributed by atoms with E-state index in [2.05, 4.69) is 20.6 Å². The molecule has 0 spiro atoms. The summed E-state index contributed by atoms with van der Waals surface area (Å²) in [5, 5.41) is 17.9. The van der Waals surface area contributed by atoms with Crippen LogP contribution in [0.2, 0.25) is 0 Å². The van der Waals surface area contributed by atoms with Crippen molar-refractivity contribution in [2.75, 3.05) is 10.6 Å². The number of thiazole rings is 1. The first-order chi connectivity index (χ1) is 14.4. The molecule has 4 rings (SSSR count). The number of aromatic nitrogens is 2. The van der Waals surface area contributed by atoms with E-state index in [1.165, 1.54) is 23.5 Å². The second kappa shape index (κ2) is 8.17. The molecule has 3 heterocycles. The number of amides is 1. The van der Waals surface area contributed by atoms with Crippen molar-refractivity contribution in [1.82, 2.24) is 9.97 Å². The molecule has 0 unspecified atom stereocenters. The number of carbonyl (C=O) groups is 1. The average molecular weight is 440 g/mol. The normalized spacial score (nSPS) is 11.9. The number of hydrogen-bond acceptors (Lipinski definition) is 8. The fourth-order valence-electron chi connectivity index (χ4n) is 2.96. The lowest BCUT2D eigenvalue weighted by molar-refractivity contribution is -0.384. The Hall–Kier alpha value is -3.37. The van der Waals surface area contributed by atoms with E-state index in [1.54, 1.807) is 29.7 Å². The number of nitrogens with one attached hydrogen (secondary N) is 2. The summed E-state index contributed by atoms with van der Waals surface area (Å²) in [6.45, 7) is 3.86. The molecule has 8 nitrogen and oxygen atoms in total. The van der Waals surface area contributed by atoms with Crippen molar-refractivity contribution in [3.05, 3.63) is 74.9 Å². The van der Waals surface area contributed by atoms with Crippen LogP contribution in [-0.2, 0) is 0 Å². The van der Waals surface area contributed by atoms with Gasteiger partial charge in [0.05, 0.1) is 21.4 Å². The first kappa shape index (κ1) is 19.9. The number of aryl methyl sites for hydroxylation is 1. The van der Waals surface area contributed by atoms with Crippen molar-refractivity contribution in [2.45, 2.75) is 19.9 Å². The number of nitro benzene ring substituents is 1. The SMILES string of the molecule is Cc1cc2sc(NC(=O)c3ccc(N[C@H](C)c4ccccn4)c([N+](=O)[O-])c3)nc2s1. The molecule has 1 atom stereocenters. The van der Waals surface area contributed by atoms with Crippen LogP contribution in [0.1, 0.15) is 33.9 Å². The number of fused-ring (bicyclic) bond motifs is 1. The fraction of sp³-hybridized carbons (Fsp3) is 0.150. The Balaban J connectivity index is 1.55. The van der Waals surface area contributed by atoms with Crippen LogP contribution in [0.15, 0.2) is 48.7 Å². The number of pyridine rings is 1. The Morgan fingerprint density at radius 2 is 2.03 bits per heavy atom. The topological polar surface area (TPSA) is 110 Å². The summed E-state index contributed by atoms with van der Waals surface area (Å²) in [4.78, 5) is 34.4. The zero-order valence-corrected chi connectivity index (χ0v) is 17.7. The summed E-state index contributed by atoms with van der Waals surface area (Å²) in [5.74, 6) is -0.444. The van der Waals surface area contributed by atoms with Crippen LogP contribution in [0.5, 0.6) is 0 Å². The van der Waals surface area contributed by atoms with Crippen LogP contribution < -0.4 is 10.6 Å². The smallest absolute Gasteiger partial charge is 0.293 e. The molecule has 0 aliphatic rings. The molecule has 0 bridgehead atoms. The average Bonchev–Trinajstić information content (AvgIpc) is 3.25. The molecule has 0 aliphatic carbocycles. The third kappa shape index (κ3) is 4.14. The molecule has 0 saturated carbocycles. The summed E-state index contributed by atoms with van der Waals surface area (Å²) < 4.78 is 1.00. The largest absolute Gasteiger partial charge is 0.371 e. The molecular formula is C20H17N5O3S2. The highest BCUT2D eigenvalue weighted by Crippen LogP contribution is 2.33. The highest BCUT2D eigenvalue weighted by Gasteiger charge is 2.20. The van der Waals surface area contributed by atoms with Gasteiger partial charge in [0.25, 0.3) is 11.6 Å². The van der Waals surface area contributed by atoms with Crippen molar-refractivity contribution in [2.24, 2.45) is 0 Å². The predicted molar refractivity (Wildman–Crippen MR) is 120 cm³/mol. The van der Waals surface area contributed by atoms with Gasteiger partial charge in [-0.3, -0.25) is 25.2 Å². The maximum absolute atomic E-state index is 12.6. The van der Waals surface area contributed by atoms with Gasteiger partial charge < -0.3 is 5.32 Å². The zero-order chi connectivity index (χ0) is 21.3. The molecule has 2 N–H and O–H groups in total. The number of hydrogen-bond donors (Lipinski definition) is 2. The Kier molecular flexibility index (Phi) is 5.42. The first-order valence-electron chi connectivity index (χ1n) is 9.05. The maximum Gasteiger partial charge on any atom is 0.293 e. The summed E-state index contributed by atoms with van der Waals surface area (Å²) in [7, 11) is 0. The predicted octanol–water partition coefficient (Wildman–Crippen LogP) is 5.39. The van der Waals surface area contributed by atoms with Crippen LogP contribution in [0.25, 0.3) is 9.53 Å². The Bertz CT molecular complexity index is 1200. The highest BCUT2D eigenvalue weighted by atomic mass is 32.1. The summed E-state index contributed by atoms with van der Waals surface area (Å²) in [5.41, 5.74) is 1.08. The van der Waals surface area contributed by atoms with Gasteiger partial charge in [0.2, 0.25) is 0 Å². The van der Waals surface area contributed by atoms with E-state index in [0.29, 0.717) is 10.8 Å². The molecule has 4 aromatic rings. The maximum atomic E-state index is 12.6. The zero-order valence-electron chi connectivity index (χ0n) is 16.1. The number of benzene rings is 1. The van der Waals surface area contributed by atoms with Crippen LogP contribution in [0, 0.1) is 17.0 Å². The minimum absolute atomic E-state index is 0.179. The van der Waals surface area contributed by atoms with Gasteiger partial charge in [0, 0.05) is 22.7 Å². The third-order valence-corrected chi connectivity index (χ3v) is 6.38. The number of nitro groups is 1. The van der Waals surface area contributed by atoms with Crippen molar-refractivity contribution >= 4 is 54.6 Å². The van der Waals surface area contributed by atoms with E-state index in [4.69, 9.17) is 0 Å². The van der Waals surface area contributed by atoms with Gasteiger partial charge >= 0.3 is 0 Å². The molecule has 0 fully saturated rings. The molecule has 1 amide bonds. The van der Waals surface area contributed by atoms with Gasteiger partial charge in [-0.15, -0.1) is 11.3 Å². The molecule has 0 aliphatic heterocycles. The lowest BCUT2D eigenvalue weighted by atomic mass is 10.1. The second-order valence-corrected chi connectivity index (χ2v) is 8.87. The van der Waals surface area contributed by atoms with E-state index in [9.17, 15) is 14.9 Å². The number of thiophene rings is 1. The molecule has 0 saturated heterocycles. The third-order valence-electron chi connectivity index (χ3n) is 4.39. The van der Waals surface area contributed by atoms with Gasteiger partial charge in [-0.1, -0.05) is 17.4 Å². The minimum atomic E-state index is -0.508. The first-order valence-corrected chi connectivity index (χ1v) is 10.7. The van der Waals surface area contributed by atoms with Crippen molar-refractivity contribution in [3.8, 4) is 0 Å². The highest BCUT2D eigenvalue weighted by molar-refractivity contribution is 7.29. The molecule has 152 valence electrons. The van der Waals surface area contributed by atoms with Gasteiger partial charge in [0.1, 0.15) is 10.5 Å². The van der Waals surface area contributed by atoms with Gasteiger partial charge in [0.15, 0.2) is 5.13 Å². The molecule has 1 aromatic carbocycles. The molecule has 10 heteroatoms. The van der Waals surface area contributed by atoms with E-state index < -0.39 is 10.8 Å². The monoisotopic (exact) mass is 439 g/mol. The Morgan fingerprint density at radius 1 is 1.20 bits per heavy atom. The molecule has 30 heavy (non-hydrogen) atoms. The lowest BCUT2D eigenvalue weighted by Gasteiger charge is -2.15. The van der Waals surface area contributed by atoms with E-state index in [-0.39, 0.29) is 17.3 Å². The summed E-state index contributed by atoms with van der Waals surface area (Å²) in [6, 6.07) is 11.6. The number of carbonyl (C=O) groups excluding carboxylic acids is 1. The van der Waals surface area contributed by atoms with Crippen molar-refractivity contribution < 1.29 is 9.72 Å². The van der Waals surface area contributed by atoms with Gasteiger partial charge in [-0.05, 0) is 44.2 Å². The number of anilines is 2. The quantitative estimate of drug-likeness (QED) is 0.308. The standard InChI is InChI=1S/C20H17N5O3S2/c1-11-9-17-19(29-11)24-20(30-17)23-18(26)13-6-7-15(16(10-13)25(27)28)22-12(2)14-5-3-4-8-21-14/h3-10,12,22H,1-2H3,(H,23,24,26)/t12-/m1/s1. The van der Waals surface area contributed by atoms with Gasteiger partial charge in [-0.25, -0.2) is 4.98 Å². The second-order valence-electron chi connectivity index (χ2n) is 6.61. The molecular weight excluding hydrogens is 422 g/mol. The van der Waals surface area contributed by atoms with E-state index >= 15 is 0 Å². The minimum Gasteiger partial charge on any atom is -0.371 e. The fourth-order valence-corrected chi connectivity index (χ4v) is 4.98. The van der Waals surface area contributed by atoms with Crippen LogP contribution >= 0.6 is 22.7 Å². The Labute approximate surface area is 179 Å². The lowest BCUT2D eigenvalue weighted by Crippen LogP contribution is -2.13. The molecule has 0 radical (unpaired) electrons. The van der Waals surface area contributed by atoms with E-state index in [1.807, 2.05) is 32.0 Å². The van der Waals surface area contributed by atoms with Crippen molar-refractivity contribution in [1.29, 1.82) is 0 Å².